The van der Waals surface area contributed by atoms with Gasteiger partial charge in [-0.15, -0.1) is 0 Å². The molecule has 2 aromatic heterocycles. The van der Waals surface area contributed by atoms with E-state index in [2.05, 4.69) is 39.7 Å². The molecule has 0 radical (unpaired) electrons. The Morgan fingerprint density at radius 3 is 2.52 bits per heavy atom. The van der Waals surface area contributed by atoms with Crippen molar-refractivity contribution < 1.29 is 4.39 Å². The molecule has 4 rings (SSSR count). The van der Waals surface area contributed by atoms with Crippen LogP contribution in [0.1, 0.15) is 34.7 Å². The minimum Gasteiger partial charge on any atom is -0.352 e. The van der Waals surface area contributed by atoms with Crippen LogP contribution < -0.4 is 5.32 Å². The van der Waals surface area contributed by atoms with Crippen molar-refractivity contribution in [1.82, 2.24) is 19.8 Å². The lowest BCUT2D eigenvalue weighted by molar-refractivity contribution is 0.367. The van der Waals surface area contributed by atoms with Crippen LogP contribution in [0.25, 0.3) is 5.69 Å². The van der Waals surface area contributed by atoms with E-state index in [9.17, 15) is 4.39 Å². The first-order valence-corrected chi connectivity index (χ1v) is 9.27. The molecule has 0 spiro atoms. The maximum atomic E-state index is 13.3. The molecule has 0 bridgehead atoms. The maximum absolute atomic E-state index is 13.3. The van der Waals surface area contributed by atoms with E-state index < -0.39 is 0 Å². The number of likely N-dealkylation sites (N-methyl/N-ethyl adjacent to an activating group) is 1. The Balaban J connectivity index is 1.81. The molecule has 0 saturated carbocycles. The largest absolute Gasteiger partial charge is 0.352 e. The van der Waals surface area contributed by atoms with Gasteiger partial charge in [0, 0.05) is 30.3 Å². The molecule has 3 heterocycles. The highest BCUT2D eigenvalue weighted by Crippen LogP contribution is 2.40. The van der Waals surface area contributed by atoms with Crippen LogP contribution in [0, 0.1) is 19.7 Å². The molecule has 1 aliphatic heterocycles. The van der Waals surface area contributed by atoms with Crippen LogP contribution in [0.3, 0.4) is 0 Å². The highest BCUT2D eigenvalue weighted by atomic mass is 32.1. The monoisotopic (exact) mass is 380 g/mol. The highest BCUT2D eigenvalue weighted by Gasteiger charge is 2.39. The van der Waals surface area contributed by atoms with Crippen LogP contribution in [0.4, 0.5) is 4.39 Å². The summed E-state index contributed by atoms with van der Waals surface area (Å²) in [6.45, 7) is 4.16. The van der Waals surface area contributed by atoms with Gasteiger partial charge in [0.15, 0.2) is 5.11 Å². The minimum absolute atomic E-state index is 0.0223. The maximum Gasteiger partial charge on any atom is 0.169 e. The Bertz CT molecular complexity index is 981. The Labute approximate surface area is 163 Å². The normalized spacial score (nSPS) is 19.4. The second-order valence-electron chi connectivity index (χ2n) is 6.88. The van der Waals surface area contributed by atoms with Crippen molar-refractivity contribution in [2.24, 2.45) is 0 Å². The van der Waals surface area contributed by atoms with E-state index in [1.54, 1.807) is 18.3 Å². The third-order valence-electron chi connectivity index (χ3n) is 5.21. The van der Waals surface area contributed by atoms with Crippen LogP contribution >= 0.6 is 12.2 Å². The fourth-order valence-corrected chi connectivity index (χ4v) is 4.16. The molecule has 1 fully saturated rings. The van der Waals surface area contributed by atoms with E-state index in [0.717, 1.165) is 22.8 Å². The minimum atomic E-state index is -0.235. The van der Waals surface area contributed by atoms with Crippen LogP contribution in [-0.2, 0) is 0 Å². The molecule has 4 nitrogen and oxygen atoms in total. The van der Waals surface area contributed by atoms with Crippen molar-refractivity contribution in [3.8, 4) is 5.69 Å². The second-order valence-corrected chi connectivity index (χ2v) is 7.26. The lowest BCUT2D eigenvalue weighted by Gasteiger charge is -2.24. The molecule has 138 valence electrons. The molecular weight excluding hydrogens is 359 g/mol. The number of halogens is 1. The zero-order valence-electron chi connectivity index (χ0n) is 15.5. The van der Waals surface area contributed by atoms with Gasteiger partial charge in [-0.2, -0.15) is 0 Å². The first-order chi connectivity index (χ1) is 13.0. The SMILES string of the molecule is Cc1cc(C2C(c3ccccn3)NC(=S)N2C)c(C)n1-c1ccc(F)cc1. The topological polar surface area (TPSA) is 33.1 Å². The molecule has 1 aliphatic rings. The third kappa shape index (κ3) is 3.00. The number of thiocarbonyl (C=S) groups is 1. The number of aromatic nitrogens is 2. The molecule has 1 N–H and O–H groups in total. The first-order valence-electron chi connectivity index (χ1n) is 8.86. The van der Waals surface area contributed by atoms with Crippen molar-refractivity contribution >= 4 is 17.3 Å². The Kier molecular flexibility index (Phi) is 4.44. The van der Waals surface area contributed by atoms with Gasteiger partial charge in [0.2, 0.25) is 0 Å². The molecule has 0 amide bonds. The van der Waals surface area contributed by atoms with Gasteiger partial charge in [0.05, 0.1) is 17.8 Å². The van der Waals surface area contributed by atoms with E-state index in [0.29, 0.717) is 5.11 Å². The molecule has 1 aromatic carbocycles. The summed E-state index contributed by atoms with van der Waals surface area (Å²) in [5, 5.41) is 4.12. The predicted octanol–water partition coefficient (Wildman–Crippen LogP) is 4.23. The number of nitrogens with one attached hydrogen (secondary N) is 1. The van der Waals surface area contributed by atoms with Gasteiger partial charge in [0.1, 0.15) is 5.82 Å². The Morgan fingerprint density at radius 1 is 1.11 bits per heavy atom. The molecule has 2 unspecified atom stereocenters. The number of aryl methyl sites for hydroxylation is 1. The zero-order chi connectivity index (χ0) is 19.1. The van der Waals surface area contributed by atoms with Gasteiger partial charge in [-0.05, 0) is 74.1 Å². The average Bonchev–Trinajstić information content (AvgIpc) is 3.12. The molecule has 1 saturated heterocycles. The van der Waals surface area contributed by atoms with Crippen molar-refractivity contribution in [2.75, 3.05) is 7.05 Å². The van der Waals surface area contributed by atoms with Gasteiger partial charge in [-0.1, -0.05) is 6.07 Å². The Morgan fingerprint density at radius 2 is 1.85 bits per heavy atom. The second kappa shape index (κ2) is 6.78. The molecule has 3 aromatic rings. The van der Waals surface area contributed by atoms with Crippen LogP contribution in [0.2, 0.25) is 0 Å². The van der Waals surface area contributed by atoms with E-state index in [1.807, 2.05) is 25.2 Å². The molecule has 27 heavy (non-hydrogen) atoms. The van der Waals surface area contributed by atoms with E-state index in [4.69, 9.17) is 12.2 Å². The number of pyridine rings is 1. The number of hydrogen-bond donors (Lipinski definition) is 1. The fraction of sp³-hybridized carbons (Fsp3) is 0.238. The van der Waals surface area contributed by atoms with Crippen molar-refractivity contribution in [2.45, 2.75) is 25.9 Å². The standard InChI is InChI=1S/C21H21FN4S/c1-13-12-17(14(2)26(13)16-9-7-15(22)8-10-16)20-19(24-21(27)25(20)3)18-6-4-5-11-23-18/h4-12,19-20H,1-3H3,(H,24,27). The number of benzene rings is 1. The summed E-state index contributed by atoms with van der Waals surface area (Å²) in [5.41, 5.74) is 5.30. The van der Waals surface area contributed by atoms with E-state index in [-0.39, 0.29) is 17.9 Å². The lowest BCUT2D eigenvalue weighted by atomic mass is 9.97. The summed E-state index contributed by atoms with van der Waals surface area (Å²) < 4.78 is 15.5. The van der Waals surface area contributed by atoms with Crippen molar-refractivity contribution in [1.29, 1.82) is 0 Å². The summed E-state index contributed by atoms with van der Waals surface area (Å²) in [6, 6.07) is 14.7. The van der Waals surface area contributed by atoms with Crippen LogP contribution in [-0.4, -0.2) is 26.6 Å². The lowest BCUT2D eigenvalue weighted by Crippen LogP contribution is -2.25. The van der Waals surface area contributed by atoms with E-state index in [1.165, 1.54) is 17.7 Å². The first kappa shape index (κ1) is 17.7. The van der Waals surface area contributed by atoms with Gasteiger partial charge < -0.3 is 14.8 Å². The highest BCUT2D eigenvalue weighted by molar-refractivity contribution is 7.80. The van der Waals surface area contributed by atoms with Crippen molar-refractivity contribution in [3.63, 3.8) is 0 Å². The average molecular weight is 380 g/mol. The number of nitrogens with zero attached hydrogens (tertiary/aromatic N) is 3. The van der Waals surface area contributed by atoms with Gasteiger partial charge >= 0.3 is 0 Å². The molecule has 0 aliphatic carbocycles. The van der Waals surface area contributed by atoms with Gasteiger partial charge in [-0.25, -0.2) is 4.39 Å². The quantitative estimate of drug-likeness (QED) is 0.690. The number of rotatable bonds is 3. The summed E-state index contributed by atoms with van der Waals surface area (Å²) in [7, 11) is 2.01. The smallest absolute Gasteiger partial charge is 0.169 e. The summed E-state index contributed by atoms with van der Waals surface area (Å²) >= 11 is 5.53. The zero-order valence-corrected chi connectivity index (χ0v) is 16.3. The third-order valence-corrected chi connectivity index (χ3v) is 5.62. The molecule has 6 heteroatoms. The molecule has 2 atom stereocenters. The summed E-state index contributed by atoms with van der Waals surface area (Å²) in [4.78, 5) is 6.62. The summed E-state index contributed by atoms with van der Waals surface area (Å²) in [5.74, 6) is -0.235. The van der Waals surface area contributed by atoms with Crippen molar-refractivity contribution in [3.05, 3.63) is 83.2 Å². The Hall–Kier alpha value is -2.73. The van der Waals surface area contributed by atoms with Gasteiger partial charge in [-0.3, -0.25) is 4.98 Å². The molecular formula is C21H21FN4S. The van der Waals surface area contributed by atoms with Crippen LogP contribution in [0.5, 0.6) is 0 Å². The van der Waals surface area contributed by atoms with E-state index >= 15 is 0 Å². The number of hydrogen-bond acceptors (Lipinski definition) is 2. The van der Waals surface area contributed by atoms with Crippen LogP contribution in [0.15, 0.2) is 54.7 Å². The summed E-state index contributed by atoms with van der Waals surface area (Å²) in [6.07, 6.45) is 1.80. The van der Waals surface area contributed by atoms with Gasteiger partial charge in [0.25, 0.3) is 0 Å². The fourth-order valence-electron chi connectivity index (χ4n) is 3.92. The predicted molar refractivity (Wildman–Crippen MR) is 108 cm³/mol.